The van der Waals surface area contributed by atoms with Crippen molar-refractivity contribution in [1.82, 2.24) is 10.3 Å². The molecule has 0 aliphatic carbocycles. The summed E-state index contributed by atoms with van der Waals surface area (Å²) in [6, 6.07) is 8.95. The normalized spacial score (nSPS) is 11.2. The summed E-state index contributed by atoms with van der Waals surface area (Å²) in [6.45, 7) is 1.26. The second-order valence-electron chi connectivity index (χ2n) is 5.35. The van der Waals surface area contributed by atoms with Crippen molar-refractivity contribution in [3.8, 4) is 0 Å². The van der Waals surface area contributed by atoms with E-state index in [1.54, 1.807) is 31.4 Å². The SMILES string of the molecule is COCCNCC(=O)Nc1ccc(Nc2ccc(C(F)(F)F)cn2)cc1. The molecule has 0 saturated heterocycles. The molecule has 1 amide bonds. The van der Waals surface area contributed by atoms with E-state index in [9.17, 15) is 18.0 Å². The van der Waals surface area contributed by atoms with Crippen molar-refractivity contribution in [2.24, 2.45) is 0 Å². The first-order valence-corrected chi connectivity index (χ1v) is 7.78. The van der Waals surface area contributed by atoms with Gasteiger partial charge >= 0.3 is 6.18 Å². The summed E-state index contributed by atoms with van der Waals surface area (Å²) in [5.74, 6) is 0.100. The molecule has 0 fully saturated rings. The first-order chi connectivity index (χ1) is 12.4. The molecule has 0 radical (unpaired) electrons. The first kappa shape index (κ1) is 19.7. The fourth-order valence-electron chi connectivity index (χ4n) is 2.00. The lowest BCUT2D eigenvalue weighted by Crippen LogP contribution is -2.30. The number of carbonyl (C=O) groups is 1. The van der Waals surface area contributed by atoms with Crippen molar-refractivity contribution in [3.63, 3.8) is 0 Å². The number of aromatic nitrogens is 1. The van der Waals surface area contributed by atoms with E-state index in [-0.39, 0.29) is 18.3 Å². The van der Waals surface area contributed by atoms with Crippen LogP contribution in [0.5, 0.6) is 0 Å². The van der Waals surface area contributed by atoms with E-state index in [4.69, 9.17) is 4.74 Å². The smallest absolute Gasteiger partial charge is 0.383 e. The van der Waals surface area contributed by atoms with Gasteiger partial charge in [-0.2, -0.15) is 13.2 Å². The van der Waals surface area contributed by atoms with Crippen LogP contribution in [-0.4, -0.2) is 37.7 Å². The number of amides is 1. The van der Waals surface area contributed by atoms with Gasteiger partial charge in [0.05, 0.1) is 18.7 Å². The van der Waals surface area contributed by atoms with Gasteiger partial charge in [0, 0.05) is 31.2 Å². The molecule has 0 bridgehead atoms. The Labute approximate surface area is 148 Å². The highest BCUT2D eigenvalue weighted by atomic mass is 19.4. The summed E-state index contributed by atoms with van der Waals surface area (Å²) in [5.41, 5.74) is 0.433. The number of halogens is 3. The maximum Gasteiger partial charge on any atom is 0.417 e. The number of rotatable bonds is 8. The third-order valence-corrected chi connectivity index (χ3v) is 3.30. The van der Waals surface area contributed by atoms with Crippen LogP contribution in [0, 0.1) is 0 Å². The molecule has 0 aliphatic heterocycles. The fourth-order valence-corrected chi connectivity index (χ4v) is 2.00. The lowest BCUT2D eigenvalue weighted by atomic mass is 10.2. The summed E-state index contributed by atoms with van der Waals surface area (Å²) < 4.78 is 42.4. The lowest BCUT2D eigenvalue weighted by Gasteiger charge is -2.10. The molecule has 26 heavy (non-hydrogen) atoms. The van der Waals surface area contributed by atoms with Crippen molar-refractivity contribution in [2.75, 3.05) is 37.4 Å². The molecular weight excluding hydrogens is 349 g/mol. The Kier molecular flexibility index (Phi) is 6.93. The number of hydrogen-bond acceptors (Lipinski definition) is 5. The van der Waals surface area contributed by atoms with E-state index in [1.165, 1.54) is 6.07 Å². The molecular formula is C17H19F3N4O2. The van der Waals surface area contributed by atoms with E-state index in [1.807, 2.05) is 0 Å². The van der Waals surface area contributed by atoms with Crippen LogP contribution >= 0.6 is 0 Å². The Balaban J connectivity index is 1.86. The molecule has 9 heteroatoms. The number of anilines is 3. The van der Waals surface area contributed by atoms with Crippen LogP contribution in [0.15, 0.2) is 42.6 Å². The predicted molar refractivity (Wildman–Crippen MR) is 92.3 cm³/mol. The number of carbonyl (C=O) groups excluding carboxylic acids is 1. The van der Waals surface area contributed by atoms with Crippen LogP contribution in [0.25, 0.3) is 0 Å². The Morgan fingerprint density at radius 2 is 1.81 bits per heavy atom. The Hall–Kier alpha value is -2.65. The average Bonchev–Trinajstić information content (AvgIpc) is 2.60. The van der Waals surface area contributed by atoms with Gasteiger partial charge in [0.25, 0.3) is 0 Å². The van der Waals surface area contributed by atoms with Gasteiger partial charge in [-0.1, -0.05) is 0 Å². The molecule has 6 nitrogen and oxygen atoms in total. The molecule has 3 N–H and O–H groups in total. The molecule has 2 rings (SSSR count). The number of hydrogen-bond donors (Lipinski definition) is 3. The van der Waals surface area contributed by atoms with Crippen LogP contribution in [0.2, 0.25) is 0 Å². The third-order valence-electron chi connectivity index (χ3n) is 3.30. The third kappa shape index (κ3) is 6.34. The molecule has 0 spiro atoms. The maximum atomic E-state index is 12.5. The highest BCUT2D eigenvalue weighted by Gasteiger charge is 2.30. The zero-order chi connectivity index (χ0) is 19.0. The van der Waals surface area contributed by atoms with Crippen molar-refractivity contribution in [2.45, 2.75) is 6.18 Å². The molecule has 1 heterocycles. The number of ether oxygens (including phenoxy) is 1. The number of nitrogens with one attached hydrogen (secondary N) is 3. The minimum Gasteiger partial charge on any atom is -0.383 e. The van der Waals surface area contributed by atoms with E-state index in [2.05, 4.69) is 20.9 Å². The van der Waals surface area contributed by atoms with Crippen LogP contribution in [0.4, 0.5) is 30.4 Å². The summed E-state index contributed by atoms with van der Waals surface area (Å²) in [6.07, 6.45) is -3.64. The Bertz CT molecular complexity index is 703. The van der Waals surface area contributed by atoms with Gasteiger partial charge in [-0.05, 0) is 36.4 Å². The van der Waals surface area contributed by atoms with Gasteiger partial charge in [0.2, 0.25) is 5.91 Å². The minimum atomic E-state index is -4.41. The van der Waals surface area contributed by atoms with Gasteiger partial charge in [-0.3, -0.25) is 4.79 Å². The largest absolute Gasteiger partial charge is 0.417 e. The van der Waals surface area contributed by atoms with Crippen LogP contribution in [0.3, 0.4) is 0 Å². The molecule has 0 saturated carbocycles. The number of nitrogens with zero attached hydrogens (tertiary/aromatic N) is 1. The van der Waals surface area contributed by atoms with Gasteiger partial charge in [0.15, 0.2) is 0 Å². The van der Waals surface area contributed by atoms with Crippen molar-refractivity contribution in [1.29, 1.82) is 0 Å². The monoisotopic (exact) mass is 368 g/mol. The van der Waals surface area contributed by atoms with Crippen molar-refractivity contribution in [3.05, 3.63) is 48.2 Å². The number of pyridine rings is 1. The van der Waals surface area contributed by atoms with E-state index in [0.717, 1.165) is 12.3 Å². The summed E-state index contributed by atoms with van der Waals surface area (Å²) in [7, 11) is 1.58. The maximum absolute atomic E-state index is 12.5. The van der Waals surface area contributed by atoms with Gasteiger partial charge in [-0.15, -0.1) is 0 Å². The Morgan fingerprint density at radius 3 is 2.38 bits per heavy atom. The van der Waals surface area contributed by atoms with Crippen LogP contribution in [0.1, 0.15) is 5.56 Å². The molecule has 140 valence electrons. The van der Waals surface area contributed by atoms with E-state index < -0.39 is 11.7 Å². The highest BCUT2D eigenvalue weighted by molar-refractivity contribution is 5.92. The second-order valence-corrected chi connectivity index (χ2v) is 5.35. The van der Waals surface area contributed by atoms with E-state index in [0.29, 0.717) is 24.5 Å². The average molecular weight is 368 g/mol. The Morgan fingerprint density at radius 1 is 1.12 bits per heavy atom. The molecule has 0 unspecified atom stereocenters. The van der Waals surface area contributed by atoms with Gasteiger partial charge < -0.3 is 20.7 Å². The highest BCUT2D eigenvalue weighted by Crippen LogP contribution is 2.29. The zero-order valence-corrected chi connectivity index (χ0v) is 14.1. The first-order valence-electron chi connectivity index (χ1n) is 7.78. The summed E-state index contributed by atoms with van der Waals surface area (Å²) >= 11 is 0. The fraction of sp³-hybridized carbons (Fsp3) is 0.294. The predicted octanol–water partition coefficient (Wildman–Crippen LogP) is 3.02. The lowest BCUT2D eigenvalue weighted by molar-refractivity contribution is -0.137. The zero-order valence-electron chi connectivity index (χ0n) is 14.1. The molecule has 1 aromatic heterocycles. The van der Waals surface area contributed by atoms with Crippen molar-refractivity contribution >= 4 is 23.1 Å². The molecule has 0 aliphatic rings. The van der Waals surface area contributed by atoms with Gasteiger partial charge in [-0.25, -0.2) is 4.98 Å². The molecule has 0 atom stereocenters. The van der Waals surface area contributed by atoms with Crippen molar-refractivity contribution < 1.29 is 22.7 Å². The topological polar surface area (TPSA) is 75.3 Å². The quantitative estimate of drug-likeness (QED) is 0.625. The number of alkyl halides is 3. The standard InChI is InChI=1S/C17H19F3N4O2/c1-26-9-8-21-11-16(25)24-14-5-3-13(4-6-14)23-15-7-2-12(10-22-15)17(18,19)20/h2-7,10,21H,8-9,11H2,1H3,(H,22,23)(H,24,25). The minimum absolute atomic E-state index is 0.166. The van der Waals surface area contributed by atoms with Gasteiger partial charge in [0.1, 0.15) is 5.82 Å². The molecule has 2 aromatic rings. The summed E-state index contributed by atoms with van der Waals surface area (Å²) in [4.78, 5) is 15.5. The molecule has 1 aromatic carbocycles. The van der Waals surface area contributed by atoms with Crippen LogP contribution in [-0.2, 0) is 15.7 Å². The van der Waals surface area contributed by atoms with E-state index >= 15 is 0 Å². The number of benzene rings is 1. The summed E-state index contributed by atoms with van der Waals surface area (Å²) in [5, 5.41) is 8.55. The number of methoxy groups -OCH3 is 1. The second kappa shape index (κ2) is 9.16. The van der Waals surface area contributed by atoms with Crippen LogP contribution < -0.4 is 16.0 Å².